The van der Waals surface area contributed by atoms with Gasteiger partial charge >= 0.3 is 6.03 Å². The highest BCUT2D eigenvalue weighted by Gasteiger charge is 2.43. The van der Waals surface area contributed by atoms with Gasteiger partial charge in [-0.15, -0.1) is 0 Å². The number of halogens is 1. The second-order valence-corrected chi connectivity index (χ2v) is 6.64. The van der Waals surface area contributed by atoms with Gasteiger partial charge in [-0.05, 0) is 65.4 Å². The number of urea groups is 1. The van der Waals surface area contributed by atoms with E-state index in [2.05, 4.69) is 16.0 Å². The van der Waals surface area contributed by atoms with E-state index >= 15 is 0 Å². The predicted octanol–water partition coefficient (Wildman–Crippen LogP) is 2.59. The summed E-state index contributed by atoms with van der Waals surface area (Å²) in [5, 5.41) is 7.51. The van der Waals surface area contributed by atoms with Crippen molar-refractivity contribution in [3.05, 3.63) is 57.6 Å². The Hall–Kier alpha value is -2.62. The van der Waals surface area contributed by atoms with E-state index in [1.54, 1.807) is 49.4 Å². The van der Waals surface area contributed by atoms with E-state index in [0.717, 1.165) is 3.77 Å². The van der Waals surface area contributed by atoms with Crippen LogP contribution in [0.1, 0.15) is 18.2 Å². The molecule has 0 spiro atoms. The number of hydrogen-bond donors (Lipinski definition) is 3. The highest BCUT2D eigenvalue weighted by molar-refractivity contribution is 14.1. The predicted molar refractivity (Wildman–Crippen MR) is 99.6 cm³/mol. The van der Waals surface area contributed by atoms with Crippen molar-refractivity contribution in [2.24, 2.45) is 0 Å². The third-order valence-electron chi connectivity index (χ3n) is 3.75. The van der Waals surface area contributed by atoms with E-state index in [1.807, 2.05) is 22.6 Å². The van der Waals surface area contributed by atoms with Crippen molar-refractivity contribution >= 4 is 52.2 Å². The van der Waals surface area contributed by atoms with Crippen molar-refractivity contribution in [1.29, 1.82) is 0 Å². The van der Waals surface area contributed by atoms with E-state index < -0.39 is 17.5 Å². The Labute approximate surface area is 157 Å². The molecule has 1 aromatic heterocycles. The van der Waals surface area contributed by atoms with Crippen molar-refractivity contribution in [3.63, 3.8) is 0 Å². The van der Waals surface area contributed by atoms with Crippen LogP contribution in [0.25, 0.3) is 6.08 Å². The Kier molecular flexibility index (Phi) is 4.62. The molecule has 128 valence electrons. The maximum Gasteiger partial charge on any atom is 0.322 e. The quantitative estimate of drug-likeness (QED) is 0.378. The Morgan fingerprint density at radius 2 is 2.08 bits per heavy atom. The summed E-state index contributed by atoms with van der Waals surface area (Å²) in [6.07, 6.45) is 2.92. The smallest absolute Gasteiger partial charge is 0.322 e. The number of hydrogen-bond acceptors (Lipinski definition) is 4. The minimum Gasteiger partial charge on any atom is -0.451 e. The molecule has 1 aliphatic heterocycles. The number of imide groups is 1. The van der Waals surface area contributed by atoms with Gasteiger partial charge in [0, 0.05) is 11.8 Å². The molecule has 7 nitrogen and oxygen atoms in total. The molecule has 4 amide bonds. The molecule has 3 rings (SSSR count). The van der Waals surface area contributed by atoms with Crippen LogP contribution in [0.4, 0.5) is 10.5 Å². The van der Waals surface area contributed by atoms with Crippen LogP contribution in [0.3, 0.4) is 0 Å². The Bertz CT molecular complexity index is 890. The van der Waals surface area contributed by atoms with E-state index in [1.165, 1.54) is 6.08 Å². The first kappa shape index (κ1) is 17.2. The molecule has 2 heterocycles. The summed E-state index contributed by atoms with van der Waals surface area (Å²) in [4.78, 5) is 35.4. The molecule has 0 bridgehead atoms. The molecule has 8 heteroatoms. The lowest BCUT2D eigenvalue weighted by Crippen LogP contribution is -2.40. The minimum absolute atomic E-state index is 0.339. The Morgan fingerprint density at radius 1 is 1.28 bits per heavy atom. The molecule has 1 fully saturated rings. The lowest BCUT2D eigenvalue weighted by Gasteiger charge is -2.21. The van der Waals surface area contributed by atoms with Crippen molar-refractivity contribution < 1.29 is 18.8 Å². The van der Waals surface area contributed by atoms with Crippen molar-refractivity contribution in [2.75, 3.05) is 5.32 Å². The fraction of sp³-hybridized carbons (Fsp3) is 0.118. The highest BCUT2D eigenvalue weighted by Crippen LogP contribution is 2.26. The molecule has 0 radical (unpaired) electrons. The van der Waals surface area contributed by atoms with Gasteiger partial charge in [0.05, 0.1) is 0 Å². The molecular weight excluding hydrogens is 437 g/mol. The van der Waals surface area contributed by atoms with Crippen molar-refractivity contribution in [3.8, 4) is 0 Å². The van der Waals surface area contributed by atoms with Gasteiger partial charge in [0.2, 0.25) is 5.91 Å². The normalized spacial score (nSPS) is 19.8. The number of rotatable bonds is 4. The van der Waals surface area contributed by atoms with Gasteiger partial charge in [-0.25, -0.2) is 4.79 Å². The number of carbonyl (C=O) groups is 3. The van der Waals surface area contributed by atoms with Crippen LogP contribution >= 0.6 is 22.6 Å². The van der Waals surface area contributed by atoms with Gasteiger partial charge in [0.15, 0.2) is 3.77 Å². The van der Waals surface area contributed by atoms with Gasteiger partial charge in [-0.3, -0.25) is 14.9 Å². The zero-order valence-corrected chi connectivity index (χ0v) is 15.3. The zero-order chi connectivity index (χ0) is 18.0. The number of anilines is 1. The molecular formula is C17H14IN3O4. The van der Waals surface area contributed by atoms with E-state index in [4.69, 9.17) is 4.42 Å². The van der Waals surface area contributed by atoms with E-state index in [-0.39, 0.29) is 5.91 Å². The number of amides is 4. The number of benzene rings is 1. The topological polar surface area (TPSA) is 100 Å². The Balaban J connectivity index is 1.73. The van der Waals surface area contributed by atoms with Gasteiger partial charge in [-0.2, -0.15) is 0 Å². The van der Waals surface area contributed by atoms with E-state index in [9.17, 15) is 14.4 Å². The van der Waals surface area contributed by atoms with Gasteiger partial charge in [0.1, 0.15) is 11.3 Å². The standard InChI is InChI=1S/C17H14IN3O4/c1-17(15(23)20-16(24)21-17)10-3-2-4-11(9-10)19-14(22)8-6-12-5-7-13(18)25-12/h2-9H,1H3,(H,19,22)(H2,20,21,23,24). The Morgan fingerprint density at radius 3 is 2.72 bits per heavy atom. The lowest BCUT2D eigenvalue weighted by atomic mass is 9.92. The van der Waals surface area contributed by atoms with Gasteiger partial charge < -0.3 is 15.1 Å². The third-order valence-corrected chi connectivity index (χ3v) is 4.32. The molecule has 0 aliphatic carbocycles. The summed E-state index contributed by atoms with van der Waals surface area (Å²) in [5.74, 6) is -0.201. The van der Waals surface area contributed by atoms with Crippen LogP contribution < -0.4 is 16.0 Å². The van der Waals surface area contributed by atoms with Crippen LogP contribution in [0.5, 0.6) is 0 Å². The molecule has 3 N–H and O–H groups in total. The van der Waals surface area contributed by atoms with Crippen LogP contribution in [0.15, 0.2) is 46.9 Å². The average Bonchev–Trinajstić information content (AvgIpc) is 3.09. The number of furan rings is 1. The van der Waals surface area contributed by atoms with Gasteiger partial charge in [0.25, 0.3) is 5.91 Å². The maximum atomic E-state index is 12.0. The largest absolute Gasteiger partial charge is 0.451 e. The summed E-state index contributed by atoms with van der Waals surface area (Å²) in [5.41, 5.74) is -0.0898. The van der Waals surface area contributed by atoms with Crippen LogP contribution in [-0.4, -0.2) is 17.8 Å². The fourth-order valence-corrected chi connectivity index (χ4v) is 2.85. The second-order valence-electron chi connectivity index (χ2n) is 5.58. The summed E-state index contributed by atoms with van der Waals surface area (Å²) in [7, 11) is 0. The summed E-state index contributed by atoms with van der Waals surface area (Å²) >= 11 is 2.04. The fourth-order valence-electron chi connectivity index (χ4n) is 2.41. The molecule has 1 unspecified atom stereocenters. The first-order valence-corrected chi connectivity index (χ1v) is 8.43. The van der Waals surface area contributed by atoms with Crippen LogP contribution in [0.2, 0.25) is 0 Å². The molecule has 1 aromatic carbocycles. The zero-order valence-electron chi connectivity index (χ0n) is 13.1. The molecule has 1 aliphatic rings. The third kappa shape index (κ3) is 3.73. The summed E-state index contributed by atoms with van der Waals surface area (Å²) in [6.45, 7) is 1.60. The molecule has 1 atom stereocenters. The second kappa shape index (κ2) is 6.71. The average molecular weight is 451 g/mol. The maximum absolute atomic E-state index is 12.0. The first-order chi connectivity index (χ1) is 11.9. The number of carbonyl (C=O) groups excluding carboxylic acids is 3. The van der Waals surface area contributed by atoms with Crippen LogP contribution in [-0.2, 0) is 15.1 Å². The summed E-state index contributed by atoms with van der Waals surface area (Å²) < 4.78 is 6.07. The monoisotopic (exact) mass is 451 g/mol. The lowest BCUT2D eigenvalue weighted by molar-refractivity contribution is -0.123. The molecule has 2 aromatic rings. The molecule has 0 saturated carbocycles. The van der Waals surface area contributed by atoms with Crippen molar-refractivity contribution in [2.45, 2.75) is 12.5 Å². The number of nitrogens with one attached hydrogen (secondary N) is 3. The molecule has 25 heavy (non-hydrogen) atoms. The van der Waals surface area contributed by atoms with Crippen LogP contribution in [0, 0.1) is 3.77 Å². The van der Waals surface area contributed by atoms with Gasteiger partial charge in [-0.1, -0.05) is 12.1 Å². The minimum atomic E-state index is -1.17. The van der Waals surface area contributed by atoms with E-state index in [0.29, 0.717) is 17.0 Å². The summed E-state index contributed by atoms with van der Waals surface area (Å²) in [6, 6.07) is 9.76. The first-order valence-electron chi connectivity index (χ1n) is 7.35. The molecule has 1 saturated heterocycles. The highest BCUT2D eigenvalue weighted by atomic mass is 127. The SMILES string of the molecule is CC1(c2cccc(NC(=O)C=Cc3ccc(I)o3)c2)NC(=O)NC1=O. The van der Waals surface area contributed by atoms with Crippen molar-refractivity contribution in [1.82, 2.24) is 10.6 Å².